The third kappa shape index (κ3) is 2.04. The van der Waals surface area contributed by atoms with Crippen LogP contribution in [0, 0.1) is 0 Å². The second-order valence-electron chi connectivity index (χ2n) is 4.64. The van der Waals surface area contributed by atoms with Crippen molar-refractivity contribution in [1.82, 2.24) is 9.55 Å². The van der Waals surface area contributed by atoms with Crippen molar-refractivity contribution in [3.63, 3.8) is 0 Å². The van der Waals surface area contributed by atoms with E-state index >= 15 is 0 Å². The molecule has 1 aliphatic rings. The number of ether oxygens (including phenoxy) is 1. The van der Waals surface area contributed by atoms with Crippen LogP contribution in [0.2, 0.25) is 0 Å². The number of H-pyrrole nitrogens is 1. The molecule has 0 unspecified atom stereocenters. The third-order valence-electron chi connectivity index (χ3n) is 3.53. The topological polar surface area (TPSA) is 84.4 Å². The summed E-state index contributed by atoms with van der Waals surface area (Å²) in [7, 11) is 3.10. The van der Waals surface area contributed by atoms with Crippen molar-refractivity contribution in [3.8, 4) is 0 Å². The number of nitrogens with zero attached hydrogens (tertiary/aromatic N) is 2. The van der Waals surface area contributed by atoms with Crippen LogP contribution in [-0.4, -0.2) is 29.2 Å². The minimum absolute atomic E-state index is 0.161. The van der Waals surface area contributed by atoms with Gasteiger partial charge in [0, 0.05) is 26.2 Å². The van der Waals surface area contributed by atoms with E-state index in [0.29, 0.717) is 22.7 Å². The molecule has 20 heavy (non-hydrogen) atoms. The fourth-order valence-electron chi connectivity index (χ4n) is 2.22. The molecule has 0 bridgehead atoms. The van der Waals surface area contributed by atoms with E-state index in [1.165, 1.54) is 7.05 Å². The fourth-order valence-corrected chi connectivity index (χ4v) is 2.22. The van der Waals surface area contributed by atoms with Crippen LogP contribution in [-0.2, 0) is 23.0 Å². The molecule has 0 fully saturated rings. The predicted octanol–water partition coefficient (Wildman–Crippen LogP) is -0.0970. The summed E-state index contributed by atoms with van der Waals surface area (Å²) in [5, 5.41) is 0. The summed E-state index contributed by atoms with van der Waals surface area (Å²) in [6, 6.07) is 0. The highest BCUT2D eigenvalue weighted by Crippen LogP contribution is 2.27. The molecule has 7 heteroatoms. The van der Waals surface area contributed by atoms with Crippen LogP contribution in [0.3, 0.4) is 0 Å². The van der Waals surface area contributed by atoms with Gasteiger partial charge in [-0.25, -0.2) is 9.59 Å². The minimum atomic E-state index is -0.479. The lowest BCUT2D eigenvalue weighted by Crippen LogP contribution is -2.40. The molecule has 0 radical (unpaired) electrons. The van der Waals surface area contributed by atoms with Gasteiger partial charge in [-0.1, -0.05) is 0 Å². The van der Waals surface area contributed by atoms with Crippen LogP contribution in [0.15, 0.2) is 20.9 Å². The van der Waals surface area contributed by atoms with E-state index in [2.05, 4.69) is 4.98 Å². The number of hydrogen-bond acceptors (Lipinski definition) is 5. The maximum absolute atomic E-state index is 12.2. The molecule has 0 aromatic carbocycles. The van der Waals surface area contributed by atoms with Gasteiger partial charge in [0.25, 0.3) is 5.56 Å². The fraction of sp³-hybridized carbons (Fsp3) is 0.462. The molecule has 2 heterocycles. The highest BCUT2D eigenvalue weighted by molar-refractivity contribution is 5.91. The number of anilines is 1. The van der Waals surface area contributed by atoms with E-state index in [1.54, 1.807) is 25.8 Å². The molecule has 0 saturated carbocycles. The van der Waals surface area contributed by atoms with Crippen molar-refractivity contribution in [1.29, 1.82) is 0 Å². The molecule has 7 nitrogen and oxygen atoms in total. The maximum atomic E-state index is 12.2. The summed E-state index contributed by atoms with van der Waals surface area (Å²) < 4.78 is 6.00. The largest absolute Gasteiger partial charge is 0.463 e. The monoisotopic (exact) mass is 279 g/mol. The van der Waals surface area contributed by atoms with Gasteiger partial charge >= 0.3 is 11.7 Å². The van der Waals surface area contributed by atoms with E-state index < -0.39 is 17.2 Å². The van der Waals surface area contributed by atoms with Crippen LogP contribution in [0.4, 0.5) is 5.82 Å². The van der Waals surface area contributed by atoms with Crippen molar-refractivity contribution < 1.29 is 9.53 Å². The summed E-state index contributed by atoms with van der Waals surface area (Å²) in [5.74, 6) is -0.000554. The molecule has 0 saturated heterocycles. The molecular weight excluding hydrogens is 262 g/mol. The van der Waals surface area contributed by atoms with Gasteiger partial charge in [-0.05, 0) is 13.8 Å². The van der Waals surface area contributed by atoms with E-state index in [9.17, 15) is 14.4 Å². The molecule has 1 aromatic rings. The number of aromatic nitrogens is 2. The maximum Gasteiger partial charge on any atom is 0.336 e. The molecule has 0 amide bonds. The zero-order valence-electron chi connectivity index (χ0n) is 11.9. The van der Waals surface area contributed by atoms with Crippen molar-refractivity contribution in [3.05, 3.63) is 37.7 Å². The molecule has 0 spiro atoms. The molecule has 108 valence electrons. The number of rotatable bonds is 2. The number of hydrogen-bond donors (Lipinski definition) is 1. The minimum Gasteiger partial charge on any atom is -0.463 e. The van der Waals surface area contributed by atoms with Gasteiger partial charge in [-0.2, -0.15) is 0 Å². The van der Waals surface area contributed by atoms with Crippen LogP contribution in [0.1, 0.15) is 19.4 Å². The summed E-state index contributed by atoms with van der Waals surface area (Å²) in [6.45, 7) is 3.76. The first kappa shape index (κ1) is 14.1. The molecule has 2 rings (SSSR count). The summed E-state index contributed by atoms with van der Waals surface area (Å²) in [6.07, 6.45) is 0.161. The van der Waals surface area contributed by atoms with Gasteiger partial charge in [0.05, 0.1) is 17.7 Å². The summed E-state index contributed by atoms with van der Waals surface area (Å²) >= 11 is 0. The lowest BCUT2D eigenvalue weighted by atomic mass is 10.00. The van der Waals surface area contributed by atoms with Gasteiger partial charge in [0.2, 0.25) is 0 Å². The van der Waals surface area contributed by atoms with Crippen molar-refractivity contribution in [2.45, 2.75) is 20.3 Å². The number of carbonyl (C=O) groups is 1. The Morgan fingerprint density at radius 3 is 2.60 bits per heavy atom. The van der Waals surface area contributed by atoms with E-state index in [1.807, 2.05) is 0 Å². The quantitative estimate of drug-likeness (QED) is 0.764. The number of esters is 1. The molecule has 1 aromatic heterocycles. The lowest BCUT2D eigenvalue weighted by Gasteiger charge is -2.29. The second kappa shape index (κ2) is 4.99. The Hall–Kier alpha value is -2.31. The first-order chi connectivity index (χ1) is 9.38. The van der Waals surface area contributed by atoms with Crippen molar-refractivity contribution >= 4 is 11.8 Å². The zero-order chi connectivity index (χ0) is 15.0. The Balaban J connectivity index is 2.60. The first-order valence-electron chi connectivity index (χ1n) is 6.31. The SMILES string of the molecule is CCOC(=O)C1=C(C)N(C)c2[nH]c(=O)n(C)c(=O)c2C1. The summed E-state index contributed by atoms with van der Waals surface area (Å²) in [4.78, 5) is 40.0. The second-order valence-corrected chi connectivity index (χ2v) is 4.64. The predicted molar refractivity (Wildman–Crippen MR) is 73.7 cm³/mol. The smallest absolute Gasteiger partial charge is 0.336 e. The number of fused-ring (bicyclic) bond motifs is 1. The standard InChI is InChI=1S/C13H17N3O4/c1-5-20-12(18)8-6-9-10(15(3)7(8)2)14-13(19)16(4)11(9)17/h5-6H2,1-4H3,(H,14,19). The Kier molecular flexibility index (Phi) is 3.52. The van der Waals surface area contributed by atoms with Crippen LogP contribution < -0.4 is 16.1 Å². The number of carbonyl (C=O) groups excluding carboxylic acids is 1. The Bertz CT molecular complexity index is 711. The normalized spacial score (nSPS) is 14.3. The molecular formula is C13H17N3O4. The Labute approximate surface area is 115 Å². The first-order valence-corrected chi connectivity index (χ1v) is 6.31. The lowest BCUT2D eigenvalue weighted by molar-refractivity contribution is -0.138. The van der Waals surface area contributed by atoms with E-state index in [4.69, 9.17) is 4.74 Å². The number of nitrogens with one attached hydrogen (secondary N) is 1. The van der Waals surface area contributed by atoms with Crippen molar-refractivity contribution in [2.24, 2.45) is 7.05 Å². The number of allylic oxidation sites excluding steroid dienone is 1. The third-order valence-corrected chi connectivity index (χ3v) is 3.53. The van der Waals surface area contributed by atoms with Crippen molar-refractivity contribution in [2.75, 3.05) is 18.6 Å². The van der Waals surface area contributed by atoms with Gasteiger partial charge in [0.15, 0.2) is 0 Å². The van der Waals surface area contributed by atoms with E-state index in [0.717, 1.165) is 4.57 Å². The molecule has 0 atom stereocenters. The highest BCUT2D eigenvalue weighted by Gasteiger charge is 2.28. The van der Waals surface area contributed by atoms with Gasteiger partial charge < -0.3 is 9.64 Å². The van der Waals surface area contributed by atoms with Crippen LogP contribution >= 0.6 is 0 Å². The number of aromatic amines is 1. The summed E-state index contributed by atoms with van der Waals surface area (Å²) in [5.41, 5.74) is 0.618. The van der Waals surface area contributed by atoms with Gasteiger partial charge in [-0.3, -0.25) is 14.3 Å². The van der Waals surface area contributed by atoms with Crippen LogP contribution in [0.5, 0.6) is 0 Å². The van der Waals surface area contributed by atoms with Gasteiger partial charge in [0.1, 0.15) is 5.82 Å². The zero-order valence-corrected chi connectivity index (χ0v) is 11.9. The Morgan fingerprint density at radius 1 is 1.35 bits per heavy atom. The van der Waals surface area contributed by atoms with Gasteiger partial charge in [-0.15, -0.1) is 0 Å². The molecule has 0 aliphatic carbocycles. The van der Waals surface area contributed by atoms with Crippen LogP contribution in [0.25, 0.3) is 0 Å². The molecule has 1 aliphatic heterocycles. The average molecular weight is 279 g/mol. The Morgan fingerprint density at radius 2 is 2.00 bits per heavy atom. The average Bonchev–Trinajstić information content (AvgIpc) is 2.41. The molecule has 1 N–H and O–H groups in total. The highest BCUT2D eigenvalue weighted by atomic mass is 16.5. The van der Waals surface area contributed by atoms with E-state index in [-0.39, 0.29) is 13.0 Å².